The lowest BCUT2D eigenvalue weighted by atomic mass is 9.60. The Hall–Kier alpha value is -1.56. The molecule has 6 heteroatoms. The van der Waals surface area contributed by atoms with Crippen molar-refractivity contribution in [1.82, 2.24) is 20.0 Å². The molecule has 3 atom stereocenters. The fourth-order valence-corrected chi connectivity index (χ4v) is 5.73. The van der Waals surface area contributed by atoms with Crippen LogP contribution in [-0.2, 0) is 18.2 Å². The van der Waals surface area contributed by atoms with Gasteiger partial charge in [0, 0.05) is 50.9 Å². The van der Waals surface area contributed by atoms with Crippen LogP contribution < -0.4 is 5.32 Å². The summed E-state index contributed by atoms with van der Waals surface area (Å²) < 4.78 is 8.00. The fourth-order valence-electron chi connectivity index (χ4n) is 5.73. The standard InChI is InChI=1S/C22H37N5O/c1-4-23-21(25-19-13-20(28-5-2)22(19)9-6-7-10-22)27-11-8-17(16-27)12-18-14-24-26(3)15-18/h14-15,17,19-20H,4-13,16H2,1-3H3,(H,23,25). The quantitative estimate of drug-likeness (QED) is 0.602. The van der Waals surface area contributed by atoms with Gasteiger partial charge in [0.1, 0.15) is 0 Å². The van der Waals surface area contributed by atoms with Crippen molar-refractivity contribution in [2.75, 3.05) is 26.2 Å². The second kappa shape index (κ2) is 8.44. The van der Waals surface area contributed by atoms with Gasteiger partial charge < -0.3 is 15.0 Å². The Kier molecular flexibility index (Phi) is 5.95. The minimum Gasteiger partial charge on any atom is -0.378 e. The Morgan fingerprint density at radius 3 is 2.86 bits per heavy atom. The number of guanidine groups is 1. The summed E-state index contributed by atoms with van der Waals surface area (Å²) in [5.74, 6) is 1.81. The third kappa shape index (κ3) is 3.80. The molecule has 1 aromatic rings. The molecule has 3 fully saturated rings. The summed E-state index contributed by atoms with van der Waals surface area (Å²) in [6.45, 7) is 8.12. The Morgan fingerprint density at radius 1 is 1.36 bits per heavy atom. The van der Waals surface area contributed by atoms with Crippen LogP contribution >= 0.6 is 0 Å². The normalized spacial score (nSPS) is 29.5. The first-order valence-corrected chi connectivity index (χ1v) is 11.3. The van der Waals surface area contributed by atoms with E-state index in [0.717, 1.165) is 45.0 Å². The molecule has 3 unspecified atom stereocenters. The largest absolute Gasteiger partial charge is 0.378 e. The number of nitrogens with zero attached hydrogens (tertiary/aromatic N) is 4. The first kappa shape index (κ1) is 19.7. The number of likely N-dealkylation sites (tertiary alicyclic amines) is 1. The molecule has 2 heterocycles. The molecule has 3 aliphatic rings. The van der Waals surface area contributed by atoms with Gasteiger partial charge in [0.25, 0.3) is 0 Å². The zero-order valence-electron chi connectivity index (χ0n) is 17.9. The second-order valence-electron chi connectivity index (χ2n) is 8.94. The molecule has 4 rings (SSSR count). The second-order valence-corrected chi connectivity index (χ2v) is 8.94. The van der Waals surface area contributed by atoms with Crippen molar-refractivity contribution in [2.45, 2.75) is 70.9 Å². The molecule has 1 N–H and O–H groups in total. The van der Waals surface area contributed by atoms with Crippen LogP contribution in [0, 0.1) is 11.3 Å². The number of hydrogen-bond acceptors (Lipinski definition) is 3. The average Bonchev–Trinajstić information content (AvgIpc) is 3.42. The van der Waals surface area contributed by atoms with Gasteiger partial charge in [-0.15, -0.1) is 0 Å². The van der Waals surface area contributed by atoms with Crippen molar-refractivity contribution >= 4 is 5.96 Å². The summed E-state index contributed by atoms with van der Waals surface area (Å²) >= 11 is 0. The summed E-state index contributed by atoms with van der Waals surface area (Å²) in [4.78, 5) is 7.36. The first-order valence-electron chi connectivity index (χ1n) is 11.3. The van der Waals surface area contributed by atoms with Crippen LogP contribution in [0.15, 0.2) is 17.4 Å². The topological polar surface area (TPSA) is 54.7 Å². The average molecular weight is 388 g/mol. The summed E-state index contributed by atoms with van der Waals surface area (Å²) in [7, 11) is 1.99. The lowest BCUT2D eigenvalue weighted by Crippen LogP contribution is -2.65. The molecule has 1 aromatic heterocycles. The van der Waals surface area contributed by atoms with E-state index in [1.54, 1.807) is 0 Å². The zero-order valence-corrected chi connectivity index (χ0v) is 17.9. The van der Waals surface area contributed by atoms with Crippen LogP contribution in [0.5, 0.6) is 0 Å². The fraction of sp³-hybridized carbons (Fsp3) is 0.818. The summed E-state index contributed by atoms with van der Waals surface area (Å²) in [5, 5.41) is 8.20. The van der Waals surface area contributed by atoms with Crippen molar-refractivity contribution < 1.29 is 4.74 Å². The van der Waals surface area contributed by atoms with E-state index in [1.807, 2.05) is 17.9 Å². The minimum atomic E-state index is 0.347. The van der Waals surface area contributed by atoms with Crippen molar-refractivity contribution in [3.05, 3.63) is 18.0 Å². The first-order chi connectivity index (χ1) is 13.6. The van der Waals surface area contributed by atoms with E-state index in [1.165, 1.54) is 37.7 Å². The number of aromatic nitrogens is 2. The van der Waals surface area contributed by atoms with Crippen molar-refractivity contribution in [3.63, 3.8) is 0 Å². The van der Waals surface area contributed by atoms with Gasteiger partial charge in [-0.2, -0.15) is 5.10 Å². The van der Waals surface area contributed by atoms with Crippen LogP contribution in [0.4, 0.5) is 0 Å². The van der Waals surface area contributed by atoms with Gasteiger partial charge in [0.05, 0.1) is 12.3 Å². The van der Waals surface area contributed by atoms with E-state index in [0.29, 0.717) is 23.5 Å². The molecule has 0 aromatic carbocycles. The predicted octanol–water partition coefficient (Wildman–Crippen LogP) is 2.99. The van der Waals surface area contributed by atoms with Crippen LogP contribution in [0.3, 0.4) is 0 Å². The van der Waals surface area contributed by atoms with Gasteiger partial charge in [-0.3, -0.25) is 9.67 Å². The lowest BCUT2D eigenvalue weighted by molar-refractivity contribution is -0.126. The molecule has 2 aliphatic carbocycles. The van der Waals surface area contributed by atoms with Gasteiger partial charge in [0.2, 0.25) is 0 Å². The monoisotopic (exact) mass is 387 g/mol. The SMILES string of the molecule is CCN=C(NC1CC(OCC)C12CCCC2)N1CCC(Cc2cnn(C)c2)C1. The van der Waals surface area contributed by atoms with E-state index in [-0.39, 0.29) is 0 Å². The van der Waals surface area contributed by atoms with E-state index in [9.17, 15) is 0 Å². The molecule has 0 bridgehead atoms. The molecule has 0 radical (unpaired) electrons. The van der Waals surface area contributed by atoms with Gasteiger partial charge >= 0.3 is 0 Å². The molecule has 28 heavy (non-hydrogen) atoms. The highest BCUT2D eigenvalue weighted by Crippen LogP contribution is 2.54. The predicted molar refractivity (Wildman–Crippen MR) is 112 cm³/mol. The van der Waals surface area contributed by atoms with Crippen LogP contribution in [0.2, 0.25) is 0 Å². The van der Waals surface area contributed by atoms with Gasteiger partial charge in [-0.25, -0.2) is 0 Å². The highest BCUT2D eigenvalue weighted by molar-refractivity contribution is 5.81. The van der Waals surface area contributed by atoms with Crippen molar-refractivity contribution in [3.8, 4) is 0 Å². The van der Waals surface area contributed by atoms with E-state index >= 15 is 0 Å². The number of aliphatic imine (C=N–C) groups is 1. The zero-order chi connectivity index (χ0) is 19.6. The molecule has 0 amide bonds. The highest BCUT2D eigenvalue weighted by atomic mass is 16.5. The molecule has 2 saturated carbocycles. The summed E-state index contributed by atoms with van der Waals surface area (Å²) in [5.41, 5.74) is 1.69. The minimum absolute atomic E-state index is 0.347. The Balaban J connectivity index is 1.38. The van der Waals surface area contributed by atoms with Crippen molar-refractivity contribution in [2.24, 2.45) is 23.4 Å². The van der Waals surface area contributed by atoms with Gasteiger partial charge in [-0.1, -0.05) is 12.8 Å². The van der Waals surface area contributed by atoms with Crippen molar-refractivity contribution in [1.29, 1.82) is 0 Å². The molecule has 156 valence electrons. The maximum atomic E-state index is 6.10. The molecular weight excluding hydrogens is 350 g/mol. The molecule has 1 aliphatic heterocycles. The van der Waals surface area contributed by atoms with Crippen LogP contribution in [-0.4, -0.2) is 59.0 Å². The Morgan fingerprint density at radius 2 is 2.18 bits per heavy atom. The summed E-state index contributed by atoms with van der Waals surface area (Å²) in [6.07, 6.45) is 13.4. The van der Waals surface area contributed by atoms with Gasteiger partial charge in [0.15, 0.2) is 5.96 Å². The number of ether oxygens (including phenoxy) is 1. The number of nitrogens with one attached hydrogen (secondary N) is 1. The molecular formula is C22H37N5O. The maximum absolute atomic E-state index is 6.10. The molecule has 1 spiro atoms. The third-order valence-corrected chi connectivity index (χ3v) is 7.17. The molecule has 1 saturated heterocycles. The Labute approximate surface area is 169 Å². The third-order valence-electron chi connectivity index (χ3n) is 7.17. The number of hydrogen-bond donors (Lipinski definition) is 1. The van der Waals surface area contributed by atoms with Crippen LogP contribution in [0.1, 0.15) is 57.9 Å². The number of aryl methyl sites for hydroxylation is 1. The highest BCUT2D eigenvalue weighted by Gasteiger charge is 2.57. The van der Waals surface area contributed by atoms with Crippen LogP contribution in [0.25, 0.3) is 0 Å². The number of rotatable bonds is 6. The summed E-state index contributed by atoms with van der Waals surface area (Å²) in [6, 6.07) is 0.522. The van der Waals surface area contributed by atoms with E-state index < -0.39 is 0 Å². The maximum Gasteiger partial charge on any atom is 0.194 e. The van der Waals surface area contributed by atoms with E-state index in [4.69, 9.17) is 9.73 Å². The smallest absolute Gasteiger partial charge is 0.194 e. The molecule has 6 nitrogen and oxygen atoms in total. The lowest BCUT2D eigenvalue weighted by Gasteiger charge is -2.54. The Bertz CT molecular complexity index is 678. The van der Waals surface area contributed by atoms with Gasteiger partial charge in [-0.05, 0) is 57.4 Å². The van der Waals surface area contributed by atoms with E-state index in [2.05, 4.69) is 35.4 Å².